The van der Waals surface area contributed by atoms with Gasteiger partial charge in [-0.25, -0.2) is 0 Å². The molecule has 1 aromatic carbocycles. The number of hydrogen-bond donors (Lipinski definition) is 1. The molecular formula is C14H24N2. The van der Waals surface area contributed by atoms with Gasteiger partial charge in [0.2, 0.25) is 0 Å². The van der Waals surface area contributed by atoms with E-state index in [2.05, 4.69) is 57.1 Å². The second kappa shape index (κ2) is 5.46. The number of rotatable bonds is 5. The van der Waals surface area contributed by atoms with Crippen molar-refractivity contribution in [1.29, 1.82) is 0 Å². The molecule has 0 heterocycles. The van der Waals surface area contributed by atoms with Crippen molar-refractivity contribution < 1.29 is 0 Å². The van der Waals surface area contributed by atoms with Crippen LogP contribution < -0.4 is 5.73 Å². The van der Waals surface area contributed by atoms with E-state index in [1.165, 1.54) is 11.1 Å². The average molecular weight is 220 g/mol. The van der Waals surface area contributed by atoms with Crippen LogP contribution in [0.3, 0.4) is 0 Å². The van der Waals surface area contributed by atoms with Crippen LogP contribution in [0.1, 0.15) is 18.1 Å². The molecule has 1 rings (SSSR count). The van der Waals surface area contributed by atoms with E-state index >= 15 is 0 Å². The van der Waals surface area contributed by atoms with Crippen molar-refractivity contribution in [3.8, 4) is 0 Å². The largest absolute Gasteiger partial charge is 0.330 e. The third-order valence-electron chi connectivity index (χ3n) is 3.07. The van der Waals surface area contributed by atoms with Crippen LogP contribution in [0.25, 0.3) is 0 Å². The highest BCUT2D eigenvalue weighted by Gasteiger charge is 2.24. The lowest BCUT2D eigenvalue weighted by Crippen LogP contribution is -2.39. The van der Waals surface area contributed by atoms with Crippen molar-refractivity contribution in [2.45, 2.75) is 20.3 Å². The summed E-state index contributed by atoms with van der Waals surface area (Å²) in [6.07, 6.45) is 1.05. The van der Waals surface area contributed by atoms with Gasteiger partial charge in [-0.15, -0.1) is 0 Å². The summed E-state index contributed by atoms with van der Waals surface area (Å²) >= 11 is 0. The van der Waals surface area contributed by atoms with Crippen LogP contribution in [0.4, 0.5) is 0 Å². The van der Waals surface area contributed by atoms with Gasteiger partial charge >= 0.3 is 0 Å². The number of nitrogens with two attached hydrogens (primary N) is 1. The standard InChI is InChI=1S/C14H24N2/c1-12-7-5-6-8-13(12)9-14(2,10-15)11-16(3)4/h5-8H,9-11,15H2,1-4H3. The van der Waals surface area contributed by atoms with Crippen molar-refractivity contribution in [1.82, 2.24) is 4.90 Å². The highest BCUT2D eigenvalue weighted by atomic mass is 15.1. The van der Waals surface area contributed by atoms with Crippen molar-refractivity contribution in [2.24, 2.45) is 11.1 Å². The predicted molar refractivity (Wildman–Crippen MR) is 70.6 cm³/mol. The monoisotopic (exact) mass is 220 g/mol. The zero-order valence-corrected chi connectivity index (χ0v) is 11.0. The van der Waals surface area contributed by atoms with Gasteiger partial charge in [-0.3, -0.25) is 0 Å². The molecule has 16 heavy (non-hydrogen) atoms. The molecule has 0 saturated heterocycles. The third kappa shape index (κ3) is 3.62. The van der Waals surface area contributed by atoms with E-state index in [9.17, 15) is 0 Å². The summed E-state index contributed by atoms with van der Waals surface area (Å²) in [6, 6.07) is 8.57. The van der Waals surface area contributed by atoms with Crippen LogP contribution in [-0.2, 0) is 6.42 Å². The average Bonchev–Trinajstić information content (AvgIpc) is 2.20. The highest BCUT2D eigenvalue weighted by molar-refractivity contribution is 5.26. The smallest absolute Gasteiger partial charge is 0.00445 e. The van der Waals surface area contributed by atoms with Crippen LogP contribution in [-0.4, -0.2) is 32.1 Å². The van der Waals surface area contributed by atoms with Gasteiger partial charge in [-0.1, -0.05) is 31.2 Å². The lowest BCUT2D eigenvalue weighted by atomic mass is 9.82. The highest BCUT2D eigenvalue weighted by Crippen LogP contribution is 2.23. The number of benzene rings is 1. The Hall–Kier alpha value is -0.860. The molecule has 0 aliphatic rings. The molecule has 0 aliphatic heterocycles. The Kier molecular flexibility index (Phi) is 4.51. The first-order valence-corrected chi connectivity index (χ1v) is 5.86. The van der Waals surface area contributed by atoms with Gasteiger partial charge in [-0.2, -0.15) is 0 Å². The van der Waals surface area contributed by atoms with Crippen LogP contribution in [0.2, 0.25) is 0 Å². The second-order valence-electron chi connectivity index (χ2n) is 5.36. The van der Waals surface area contributed by atoms with Gasteiger partial charge in [0.05, 0.1) is 0 Å². The number of hydrogen-bond acceptors (Lipinski definition) is 2. The summed E-state index contributed by atoms with van der Waals surface area (Å²) < 4.78 is 0. The van der Waals surface area contributed by atoms with Gasteiger partial charge < -0.3 is 10.6 Å². The maximum Gasteiger partial charge on any atom is 0.00445 e. The van der Waals surface area contributed by atoms with Crippen molar-refractivity contribution in [3.63, 3.8) is 0 Å². The summed E-state index contributed by atoms with van der Waals surface area (Å²) in [5, 5.41) is 0. The molecule has 0 bridgehead atoms. The van der Waals surface area contributed by atoms with E-state index in [-0.39, 0.29) is 5.41 Å². The zero-order valence-electron chi connectivity index (χ0n) is 11.0. The summed E-state index contributed by atoms with van der Waals surface area (Å²) in [5.74, 6) is 0. The minimum absolute atomic E-state index is 0.162. The quantitative estimate of drug-likeness (QED) is 0.823. The minimum atomic E-state index is 0.162. The summed E-state index contributed by atoms with van der Waals surface area (Å²) in [7, 11) is 4.21. The van der Waals surface area contributed by atoms with Gasteiger partial charge in [0.1, 0.15) is 0 Å². The minimum Gasteiger partial charge on any atom is -0.330 e. The van der Waals surface area contributed by atoms with E-state index in [4.69, 9.17) is 5.73 Å². The van der Waals surface area contributed by atoms with E-state index in [0.29, 0.717) is 0 Å². The van der Waals surface area contributed by atoms with E-state index in [0.717, 1.165) is 19.5 Å². The van der Waals surface area contributed by atoms with Crippen LogP contribution in [0.15, 0.2) is 24.3 Å². The number of nitrogens with zero attached hydrogens (tertiary/aromatic N) is 1. The van der Waals surface area contributed by atoms with E-state index < -0.39 is 0 Å². The van der Waals surface area contributed by atoms with Crippen molar-refractivity contribution in [3.05, 3.63) is 35.4 Å². The Morgan fingerprint density at radius 3 is 2.38 bits per heavy atom. The predicted octanol–water partition coefficient (Wildman–Crippen LogP) is 2.06. The molecule has 0 aliphatic carbocycles. The molecule has 2 nitrogen and oxygen atoms in total. The molecular weight excluding hydrogens is 196 g/mol. The number of aryl methyl sites for hydroxylation is 1. The van der Waals surface area contributed by atoms with Gasteiger partial charge in [-0.05, 0) is 50.5 Å². The molecule has 2 N–H and O–H groups in total. The first-order valence-electron chi connectivity index (χ1n) is 5.86. The molecule has 0 aromatic heterocycles. The first kappa shape index (κ1) is 13.2. The van der Waals surface area contributed by atoms with Gasteiger partial charge in [0.25, 0.3) is 0 Å². The molecule has 0 spiro atoms. The van der Waals surface area contributed by atoms with E-state index in [1.54, 1.807) is 0 Å². The molecule has 90 valence electrons. The topological polar surface area (TPSA) is 29.3 Å². The molecule has 0 saturated carbocycles. The Balaban J connectivity index is 2.81. The fraction of sp³-hybridized carbons (Fsp3) is 0.571. The van der Waals surface area contributed by atoms with Crippen LogP contribution >= 0.6 is 0 Å². The summed E-state index contributed by atoms with van der Waals surface area (Å²) in [5.41, 5.74) is 8.87. The Morgan fingerprint density at radius 1 is 1.25 bits per heavy atom. The maximum absolute atomic E-state index is 5.93. The Bertz CT molecular complexity index is 333. The fourth-order valence-electron chi connectivity index (χ4n) is 2.22. The molecule has 0 amide bonds. The Labute approximate surface area is 99.5 Å². The Morgan fingerprint density at radius 2 is 1.88 bits per heavy atom. The second-order valence-corrected chi connectivity index (χ2v) is 5.36. The maximum atomic E-state index is 5.93. The normalized spacial score (nSPS) is 15.1. The van der Waals surface area contributed by atoms with Gasteiger partial charge in [0.15, 0.2) is 0 Å². The molecule has 2 heteroatoms. The molecule has 1 aromatic rings. The first-order chi connectivity index (χ1) is 7.47. The van der Waals surface area contributed by atoms with Crippen molar-refractivity contribution >= 4 is 0 Å². The fourth-order valence-corrected chi connectivity index (χ4v) is 2.22. The summed E-state index contributed by atoms with van der Waals surface area (Å²) in [6.45, 7) is 6.18. The molecule has 1 unspecified atom stereocenters. The van der Waals surface area contributed by atoms with Crippen LogP contribution in [0.5, 0.6) is 0 Å². The lowest BCUT2D eigenvalue weighted by Gasteiger charge is -2.31. The molecule has 0 radical (unpaired) electrons. The van der Waals surface area contributed by atoms with Gasteiger partial charge in [0, 0.05) is 6.54 Å². The van der Waals surface area contributed by atoms with Crippen molar-refractivity contribution in [2.75, 3.05) is 27.2 Å². The molecule has 1 atom stereocenters. The van der Waals surface area contributed by atoms with E-state index in [1.807, 2.05) is 0 Å². The lowest BCUT2D eigenvalue weighted by molar-refractivity contribution is 0.224. The van der Waals surface area contributed by atoms with Crippen LogP contribution in [0, 0.1) is 12.3 Å². The third-order valence-corrected chi connectivity index (χ3v) is 3.07. The molecule has 0 fully saturated rings. The zero-order chi connectivity index (χ0) is 12.2. The SMILES string of the molecule is Cc1ccccc1CC(C)(CN)CN(C)C. The summed E-state index contributed by atoms with van der Waals surface area (Å²) in [4.78, 5) is 2.21.